The van der Waals surface area contributed by atoms with Gasteiger partial charge in [-0.2, -0.15) is 5.10 Å². The number of hydrogen-bond donors (Lipinski definition) is 3. The number of H-pyrrole nitrogens is 1. The lowest BCUT2D eigenvalue weighted by Crippen LogP contribution is -2.50. The number of rotatable bonds is 14. The van der Waals surface area contributed by atoms with Crippen LogP contribution in [0.5, 0.6) is 11.5 Å². The minimum Gasteiger partial charge on any atom is -0.496 e. The molecule has 0 radical (unpaired) electrons. The molecule has 5 heterocycles. The van der Waals surface area contributed by atoms with Gasteiger partial charge in [-0.15, -0.1) is 0 Å². The first-order valence-electron chi connectivity index (χ1n) is 21.9. The second-order valence-electron chi connectivity index (χ2n) is 16.9. The molecular formula is C48H56N8O7. The van der Waals surface area contributed by atoms with Crippen LogP contribution >= 0.6 is 0 Å². The molecule has 3 aliphatic heterocycles. The maximum Gasteiger partial charge on any atom is 0.276 e. The average molecular weight is 857 g/mol. The van der Waals surface area contributed by atoms with Gasteiger partial charge in [-0.25, -0.2) is 0 Å². The van der Waals surface area contributed by atoms with Crippen molar-refractivity contribution >= 4 is 45.9 Å². The van der Waals surface area contributed by atoms with Crippen LogP contribution in [-0.2, 0) is 39.1 Å². The molecule has 330 valence electrons. The molecule has 0 bridgehead atoms. The van der Waals surface area contributed by atoms with E-state index in [1.807, 2.05) is 29.2 Å². The van der Waals surface area contributed by atoms with Crippen molar-refractivity contribution in [3.05, 3.63) is 100 Å². The summed E-state index contributed by atoms with van der Waals surface area (Å²) in [5.41, 5.74) is 7.13. The number of carbonyl (C=O) groups excluding carboxylic acids is 4. The number of ether oxygens (including phenoxy) is 2. The van der Waals surface area contributed by atoms with Crippen LogP contribution < -0.4 is 30.6 Å². The highest BCUT2D eigenvalue weighted by Crippen LogP contribution is 2.38. The number of nitrogens with one attached hydrogen (secondary N) is 3. The van der Waals surface area contributed by atoms with E-state index < -0.39 is 0 Å². The molecule has 15 nitrogen and oxygen atoms in total. The van der Waals surface area contributed by atoms with Crippen molar-refractivity contribution in [2.45, 2.75) is 57.3 Å². The number of piperazine rings is 1. The number of anilines is 2. The van der Waals surface area contributed by atoms with Gasteiger partial charge in [0.2, 0.25) is 23.6 Å². The van der Waals surface area contributed by atoms with E-state index in [1.54, 1.807) is 33.7 Å². The van der Waals surface area contributed by atoms with E-state index in [4.69, 9.17) is 9.47 Å². The molecular weight excluding hydrogens is 801 g/mol. The van der Waals surface area contributed by atoms with Crippen LogP contribution in [0, 0.1) is 5.92 Å². The number of piperidine rings is 2. The summed E-state index contributed by atoms with van der Waals surface area (Å²) in [4.78, 5) is 68.9. The van der Waals surface area contributed by atoms with Gasteiger partial charge in [0.25, 0.3) is 5.56 Å². The highest BCUT2D eigenvalue weighted by molar-refractivity contribution is 5.98. The quantitative estimate of drug-likeness (QED) is 0.129. The molecule has 0 spiro atoms. The summed E-state index contributed by atoms with van der Waals surface area (Å²) in [5, 5.41) is 13.1. The molecule has 3 aromatic carbocycles. The molecule has 5 aromatic rings. The Balaban J connectivity index is 0.752. The van der Waals surface area contributed by atoms with Gasteiger partial charge in [0.05, 0.1) is 27.0 Å². The molecule has 3 saturated heterocycles. The van der Waals surface area contributed by atoms with Crippen LogP contribution in [0.25, 0.3) is 22.0 Å². The number of imide groups is 1. The van der Waals surface area contributed by atoms with E-state index in [1.165, 1.54) is 10.1 Å². The molecule has 1 unspecified atom stereocenters. The van der Waals surface area contributed by atoms with Gasteiger partial charge in [-0.05, 0) is 97.5 Å². The van der Waals surface area contributed by atoms with Crippen molar-refractivity contribution in [3.8, 4) is 22.6 Å². The van der Waals surface area contributed by atoms with Gasteiger partial charge in [-0.1, -0.05) is 24.3 Å². The number of nitrogens with zero attached hydrogens (tertiary/aromatic N) is 5. The highest BCUT2D eigenvalue weighted by Gasteiger charge is 2.28. The summed E-state index contributed by atoms with van der Waals surface area (Å²) in [7, 11) is 4.93. The van der Waals surface area contributed by atoms with E-state index in [0.717, 1.165) is 59.6 Å². The topological polar surface area (TPSA) is 171 Å². The minimum absolute atomic E-state index is 0.0779. The summed E-state index contributed by atoms with van der Waals surface area (Å²) < 4.78 is 13.1. The Hall–Kier alpha value is -6.48. The molecule has 4 amide bonds. The predicted molar refractivity (Wildman–Crippen MR) is 241 cm³/mol. The third-order valence-electron chi connectivity index (χ3n) is 12.9. The highest BCUT2D eigenvalue weighted by atomic mass is 16.5. The number of pyridine rings is 1. The molecule has 3 fully saturated rings. The number of aromatic nitrogens is 3. The normalized spacial score (nSPS) is 17.5. The molecule has 3 N–H and O–H groups in total. The van der Waals surface area contributed by atoms with E-state index in [9.17, 15) is 24.0 Å². The fraction of sp³-hybridized carbons (Fsp3) is 0.417. The third kappa shape index (κ3) is 9.93. The molecule has 8 rings (SSSR count). The zero-order valence-electron chi connectivity index (χ0n) is 36.3. The summed E-state index contributed by atoms with van der Waals surface area (Å²) in [6, 6.07) is 20.6. The number of carbonyl (C=O) groups is 4. The molecule has 15 heteroatoms. The lowest BCUT2D eigenvalue weighted by atomic mass is 9.87. The van der Waals surface area contributed by atoms with Gasteiger partial charge >= 0.3 is 0 Å². The summed E-state index contributed by atoms with van der Waals surface area (Å²) in [6.45, 7) is 4.52. The fourth-order valence-electron chi connectivity index (χ4n) is 9.27. The maximum atomic E-state index is 13.3. The Labute approximate surface area is 366 Å². The van der Waals surface area contributed by atoms with Crippen molar-refractivity contribution in [2.24, 2.45) is 13.0 Å². The smallest absolute Gasteiger partial charge is 0.276 e. The number of fused-ring (bicyclic) bond motifs is 1. The first-order valence-corrected chi connectivity index (χ1v) is 21.9. The van der Waals surface area contributed by atoms with Crippen LogP contribution in [-0.4, -0.2) is 108 Å². The van der Waals surface area contributed by atoms with Crippen LogP contribution in [0.15, 0.2) is 77.9 Å². The summed E-state index contributed by atoms with van der Waals surface area (Å²) in [5.74, 6) is 1.29. The van der Waals surface area contributed by atoms with Gasteiger partial charge < -0.3 is 29.2 Å². The number of aromatic amines is 1. The van der Waals surface area contributed by atoms with E-state index >= 15 is 0 Å². The van der Waals surface area contributed by atoms with Gasteiger partial charge in [0.1, 0.15) is 17.0 Å². The lowest BCUT2D eigenvalue weighted by molar-refractivity contribution is -0.136. The first-order chi connectivity index (χ1) is 30.6. The molecule has 0 saturated carbocycles. The fourth-order valence-corrected chi connectivity index (χ4v) is 9.27. The van der Waals surface area contributed by atoms with Crippen molar-refractivity contribution in [1.82, 2.24) is 29.9 Å². The van der Waals surface area contributed by atoms with Gasteiger partial charge in [-0.3, -0.25) is 39.3 Å². The largest absolute Gasteiger partial charge is 0.496 e. The third-order valence-corrected chi connectivity index (χ3v) is 12.9. The van der Waals surface area contributed by atoms with Crippen LogP contribution in [0.3, 0.4) is 0 Å². The molecule has 0 aliphatic carbocycles. The predicted octanol–water partition coefficient (Wildman–Crippen LogP) is 5.03. The van der Waals surface area contributed by atoms with E-state index in [0.29, 0.717) is 93.0 Å². The molecule has 2 aromatic heterocycles. The summed E-state index contributed by atoms with van der Waals surface area (Å²) in [6.07, 6.45) is 8.75. The number of amides is 4. The Morgan fingerprint density at radius 2 is 1.57 bits per heavy atom. The Bertz CT molecular complexity index is 2490. The number of methoxy groups -OCH3 is 2. The summed E-state index contributed by atoms with van der Waals surface area (Å²) >= 11 is 0. The zero-order valence-corrected chi connectivity index (χ0v) is 36.3. The molecule has 3 aliphatic rings. The SMILES string of the molecule is COc1cc(-c2cn(C)c(=O)c3[nH]ncc23)cc(OC)c1CCCC(=O)N1CCN(CC(=O)Nc2ccc(N3CCC(c4ccc(CC5CCC(=O)NC5=O)cc4)CC3)cc2)CC1. The lowest BCUT2D eigenvalue weighted by Gasteiger charge is -2.34. The molecule has 63 heavy (non-hydrogen) atoms. The van der Waals surface area contributed by atoms with Gasteiger partial charge in [0, 0.05) is 99.2 Å². The van der Waals surface area contributed by atoms with Crippen LogP contribution in [0.2, 0.25) is 0 Å². The minimum atomic E-state index is -0.178. The Kier molecular flexibility index (Phi) is 13.2. The number of hydrogen-bond acceptors (Lipinski definition) is 10. The zero-order chi connectivity index (χ0) is 44.0. The first kappa shape index (κ1) is 43.2. The van der Waals surface area contributed by atoms with Crippen molar-refractivity contribution in [1.29, 1.82) is 0 Å². The standard InChI is InChI=1S/C48H56N8O7/c1-53-29-40(39-28-49-52-46(39)48(53)61)35-26-41(62-2)38(42(27-35)63-3)5-4-6-45(59)56-23-21-54(22-24-56)30-44(58)50-36-12-14-37(15-13-36)55-19-17-33(18-20-55)32-9-7-31(8-10-32)25-34-11-16-43(57)51-47(34)60/h7-10,12-15,26-29,33-34H,4-6,11,16-25,30H2,1-3H3,(H,49,52)(H,50,58)(H,51,57,60). The average Bonchev–Trinajstić information content (AvgIpc) is 3.80. The van der Waals surface area contributed by atoms with Crippen molar-refractivity contribution < 1.29 is 28.7 Å². The van der Waals surface area contributed by atoms with E-state index in [-0.39, 0.29) is 41.7 Å². The Morgan fingerprint density at radius 1 is 0.873 bits per heavy atom. The second-order valence-corrected chi connectivity index (χ2v) is 16.9. The van der Waals surface area contributed by atoms with Crippen LogP contribution in [0.4, 0.5) is 11.4 Å². The second kappa shape index (κ2) is 19.3. The van der Waals surface area contributed by atoms with Crippen molar-refractivity contribution in [3.63, 3.8) is 0 Å². The monoisotopic (exact) mass is 856 g/mol. The van der Waals surface area contributed by atoms with Gasteiger partial charge in [0.15, 0.2) is 0 Å². The molecule has 1 atom stereocenters. The number of aryl methyl sites for hydroxylation is 1. The van der Waals surface area contributed by atoms with E-state index in [2.05, 4.69) is 67.0 Å². The van der Waals surface area contributed by atoms with Crippen LogP contribution in [0.1, 0.15) is 61.1 Å². The van der Waals surface area contributed by atoms with Crippen molar-refractivity contribution in [2.75, 3.05) is 70.2 Å². The Morgan fingerprint density at radius 3 is 2.24 bits per heavy atom. The number of benzene rings is 3. The maximum absolute atomic E-state index is 13.3.